The molecule has 0 aliphatic carbocycles. The third-order valence-electron chi connectivity index (χ3n) is 4.68. The molecule has 2 heteroatoms. The van der Waals surface area contributed by atoms with Gasteiger partial charge in [-0.25, -0.2) is 0 Å². The summed E-state index contributed by atoms with van der Waals surface area (Å²) in [7, 11) is 0. The first kappa shape index (κ1) is 23.2. The SMILES string of the molecule is CCCCCCCCC=CCCCCCCCCCCCC(N)=O. The Morgan fingerprint density at radius 1 is 0.625 bits per heavy atom. The Balaban J connectivity index is 3.06. The Morgan fingerprint density at radius 3 is 1.42 bits per heavy atom. The average Bonchev–Trinajstić information content (AvgIpc) is 2.56. The van der Waals surface area contributed by atoms with Crippen LogP contribution in [0.25, 0.3) is 0 Å². The van der Waals surface area contributed by atoms with Crippen molar-refractivity contribution in [3.05, 3.63) is 12.2 Å². The van der Waals surface area contributed by atoms with Gasteiger partial charge < -0.3 is 5.73 Å². The minimum absolute atomic E-state index is 0.156. The van der Waals surface area contributed by atoms with Crippen LogP contribution in [0.1, 0.15) is 122 Å². The fourth-order valence-electron chi connectivity index (χ4n) is 3.08. The second-order valence-corrected chi connectivity index (χ2v) is 7.21. The van der Waals surface area contributed by atoms with E-state index in [9.17, 15) is 4.79 Å². The van der Waals surface area contributed by atoms with Gasteiger partial charge in [0.15, 0.2) is 0 Å². The van der Waals surface area contributed by atoms with Crippen LogP contribution in [0.15, 0.2) is 12.2 Å². The molecule has 0 heterocycles. The van der Waals surface area contributed by atoms with E-state index in [4.69, 9.17) is 5.73 Å². The summed E-state index contributed by atoms with van der Waals surface area (Å²) < 4.78 is 0. The first-order valence-corrected chi connectivity index (χ1v) is 10.7. The summed E-state index contributed by atoms with van der Waals surface area (Å²) in [5.41, 5.74) is 5.13. The van der Waals surface area contributed by atoms with Crippen molar-refractivity contribution in [3.63, 3.8) is 0 Å². The van der Waals surface area contributed by atoms with Gasteiger partial charge in [0.25, 0.3) is 0 Å². The second kappa shape index (κ2) is 20.3. The summed E-state index contributed by atoms with van der Waals surface area (Å²) in [6.07, 6.45) is 27.8. The van der Waals surface area contributed by atoms with E-state index in [1.54, 1.807) is 0 Å². The number of carbonyl (C=O) groups excluding carboxylic acids is 1. The number of allylic oxidation sites excluding steroid dienone is 2. The van der Waals surface area contributed by atoms with Gasteiger partial charge in [0.05, 0.1) is 0 Å². The average molecular weight is 338 g/mol. The predicted molar refractivity (Wildman–Crippen MR) is 107 cm³/mol. The Hall–Kier alpha value is -0.790. The molecule has 1 amide bonds. The van der Waals surface area contributed by atoms with Crippen LogP contribution in [0.3, 0.4) is 0 Å². The summed E-state index contributed by atoms with van der Waals surface area (Å²) >= 11 is 0. The van der Waals surface area contributed by atoms with Crippen molar-refractivity contribution in [3.8, 4) is 0 Å². The molecule has 0 aliphatic heterocycles. The van der Waals surface area contributed by atoms with E-state index in [0.717, 1.165) is 12.8 Å². The molecule has 0 aromatic heterocycles. The quantitative estimate of drug-likeness (QED) is 0.199. The first-order chi connectivity index (χ1) is 11.8. The Labute approximate surface area is 151 Å². The smallest absolute Gasteiger partial charge is 0.217 e. The summed E-state index contributed by atoms with van der Waals surface area (Å²) in [5, 5.41) is 0. The maximum atomic E-state index is 10.6. The highest BCUT2D eigenvalue weighted by Crippen LogP contribution is 2.12. The number of unbranched alkanes of at least 4 members (excludes halogenated alkanes) is 15. The number of primary amides is 1. The lowest BCUT2D eigenvalue weighted by molar-refractivity contribution is -0.118. The summed E-state index contributed by atoms with van der Waals surface area (Å²) in [5.74, 6) is -0.156. The van der Waals surface area contributed by atoms with Crippen LogP contribution in [0.2, 0.25) is 0 Å². The van der Waals surface area contributed by atoms with Gasteiger partial charge in [0, 0.05) is 6.42 Å². The normalized spacial score (nSPS) is 11.4. The fourth-order valence-corrected chi connectivity index (χ4v) is 3.08. The number of nitrogens with two attached hydrogens (primary N) is 1. The molecule has 2 N–H and O–H groups in total. The molecule has 0 aromatic rings. The van der Waals surface area contributed by atoms with Crippen molar-refractivity contribution in [2.75, 3.05) is 0 Å². The predicted octanol–water partition coefficient (Wildman–Crippen LogP) is 7.07. The Bertz CT molecular complexity index is 286. The fraction of sp³-hybridized carbons (Fsp3) is 0.864. The van der Waals surface area contributed by atoms with Gasteiger partial charge >= 0.3 is 0 Å². The lowest BCUT2D eigenvalue weighted by Gasteiger charge is -2.01. The van der Waals surface area contributed by atoms with Gasteiger partial charge in [0.1, 0.15) is 0 Å². The van der Waals surface area contributed by atoms with E-state index in [-0.39, 0.29) is 5.91 Å². The van der Waals surface area contributed by atoms with Crippen molar-refractivity contribution in [1.29, 1.82) is 0 Å². The molecule has 0 saturated heterocycles. The van der Waals surface area contributed by atoms with Crippen LogP contribution < -0.4 is 5.73 Å². The molecule has 0 aliphatic rings. The molecule has 142 valence electrons. The lowest BCUT2D eigenvalue weighted by atomic mass is 10.1. The molecule has 0 bridgehead atoms. The van der Waals surface area contributed by atoms with Crippen molar-refractivity contribution in [2.24, 2.45) is 5.73 Å². The molecule has 0 spiro atoms. The maximum Gasteiger partial charge on any atom is 0.217 e. The highest BCUT2D eigenvalue weighted by molar-refractivity contribution is 5.73. The minimum atomic E-state index is -0.156. The molecule has 0 rings (SSSR count). The monoisotopic (exact) mass is 337 g/mol. The van der Waals surface area contributed by atoms with Crippen LogP contribution >= 0.6 is 0 Å². The van der Waals surface area contributed by atoms with Crippen LogP contribution in [0, 0.1) is 0 Å². The van der Waals surface area contributed by atoms with Crippen molar-refractivity contribution in [2.45, 2.75) is 122 Å². The van der Waals surface area contributed by atoms with Gasteiger partial charge in [-0.05, 0) is 32.1 Å². The Morgan fingerprint density at radius 2 is 1.00 bits per heavy atom. The number of rotatable bonds is 19. The zero-order valence-electron chi connectivity index (χ0n) is 16.4. The van der Waals surface area contributed by atoms with Gasteiger partial charge in [-0.1, -0.05) is 96.1 Å². The number of amides is 1. The Kier molecular flexibility index (Phi) is 19.6. The highest BCUT2D eigenvalue weighted by Gasteiger charge is 1.95. The zero-order chi connectivity index (χ0) is 17.7. The van der Waals surface area contributed by atoms with Crippen molar-refractivity contribution in [1.82, 2.24) is 0 Å². The molecule has 0 radical (unpaired) electrons. The molecule has 0 unspecified atom stereocenters. The summed E-state index contributed by atoms with van der Waals surface area (Å²) in [6.45, 7) is 2.28. The summed E-state index contributed by atoms with van der Waals surface area (Å²) in [6, 6.07) is 0. The molecular formula is C22H43NO. The highest BCUT2D eigenvalue weighted by atomic mass is 16.1. The largest absolute Gasteiger partial charge is 0.370 e. The van der Waals surface area contributed by atoms with Crippen LogP contribution in [-0.4, -0.2) is 5.91 Å². The summed E-state index contributed by atoms with van der Waals surface area (Å²) in [4.78, 5) is 10.6. The maximum absolute atomic E-state index is 10.6. The van der Waals surface area contributed by atoms with Crippen LogP contribution in [0.5, 0.6) is 0 Å². The topological polar surface area (TPSA) is 43.1 Å². The molecule has 0 saturated carbocycles. The van der Waals surface area contributed by atoms with E-state index in [1.807, 2.05) is 0 Å². The molecule has 0 aromatic carbocycles. The standard InChI is InChI=1S/C22H43NO/c1-2-3-4-5-6-7-8-9-10-11-12-13-14-15-16-17-18-19-20-21-22(23)24/h9-10H,2-8,11-21H2,1H3,(H2,23,24). The van der Waals surface area contributed by atoms with Gasteiger partial charge in [-0.2, -0.15) is 0 Å². The van der Waals surface area contributed by atoms with E-state index < -0.39 is 0 Å². The van der Waals surface area contributed by atoms with Gasteiger partial charge in [-0.15, -0.1) is 0 Å². The van der Waals surface area contributed by atoms with E-state index in [1.165, 1.54) is 96.3 Å². The van der Waals surface area contributed by atoms with Gasteiger partial charge in [0.2, 0.25) is 5.91 Å². The number of hydrogen-bond acceptors (Lipinski definition) is 1. The number of hydrogen-bond donors (Lipinski definition) is 1. The van der Waals surface area contributed by atoms with Crippen molar-refractivity contribution < 1.29 is 4.79 Å². The molecular weight excluding hydrogens is 294 g/mol. The molecule has 2 nitrogen and oxygen atoms in total. The van der Waals surface area contributed by atoms with E-state index in [0.29, 0.717) is 6.42 Å². The third kappa shape index (κ3) is 21.2. The van der Waals surface area contributed by atoms with E-state index >= 15 is 0 Å². The van der Waals surface area contributed by atoms with E-state index in [2.05, 4.69) is 19.1 Å². The lowest BCUT2D eigenvalue weighted by Crippen LogP contribution is -2.09. The van der Waals surface area contributed by atoms with Gasteiger partial charge in [-0.3, -0.25) is 4.79 Å². The third-order valence-corrected chi connectivity index (χ3v) is 4.68. The molecule has 24 heavy (non-hydrogen) atoms. The molecule has 0 fully saturated rings. The van der Waals surface area contributed by atoms with Crippen molar-refractivity contribution >= 4 is 5.91 Å². The zero-order valence-corrected chi connectivity index (χ0v) is 16.4. The van der Waals surface area contributed by atoms with Crippen LogP contribution in [0.4, 0.5) is 0 Å². The molecule has 0 atom stereocenters. The minimum Gasteiger partial charge on any atom is -0.370 e. The second-order valence-electron chi connectivity index (χ2n) is 7.21. The number of carbonyl (C=O) groups is 1. The first-order valence-electron chi connectivity index (χ1n) is 10.7. The van der Waals surface area contributed by atoms with Crippen LogP contribution in [-0.2, 0) is 4.79 Å².